The Morgan fingerprint density at radius 2 is 2.00 bits per heavy atom. The number of nitrogens with zero attached hydrogens (tertiary/aromatic N) is 3. The van der Waals surface area contributed by atoms with E-state index in [1.807, 2.05) is 24.8 Å². The summed E-state index contributed by atoms with van der Waals surface area (Å²) in [4.78, 5) is 19.2. The third-order valence-electron chi connectivity index (χ3n) is 5.50. The number of carbonyl (C=O) groups is 1. The van der Waals surface area contributed by atoms with Gasteiger partial charge in [0.1, 0.15) is 0 Å². The Labute approximate surface area is 156 Å². The highest BCUT2D eigenvalue weighted by molar-refractivity contribution is 5.74. The summed E-state index contributed by atoms with van der Waals surface area (Å²) >= 11 is 0. The van der Waals surface area contributed by atoms with E-state index < -0.39 is 0 Å². The number of fused-ring (bicyclic) bond motifs is 1. The van der Waals surface area contributed by atoms with Crippen molar-refractivity contribution >= 4 is 6.03 Å². The minimum Gasteiger partial charge on any atom is -0.394 e. The number of aliphatic hydroxyl groups is 1. The van der Waals surface area contributed by atoms with E-state index in [1.54, 1.807) is 0 Å². The zero-order valence-corrected chi connectivity index (χ0v) is 16.2. The van der Waals surface area contributed by atoms with Crippen LogP contribution in [0, 0.1) is 0 Å². The summed E-state index contributed by atoms with van der Waals surface area (Å²) < 4.78 is 0. The Balaban J connectivity index is 1.71. The highest BCUT2D eigenvalue weighted by atomic mass is 16.3. The summed E-state index contributed by atoms with van der Waals surface area (Å²) in [7, 11) is 0. The predicted octanol–water partition coefficient (Wildman–Crippen LogP) is 1.36. The molecule has 3 rings (SSSR count). The zero-order valence-electron chi connectivity index (χ0n) is 16.2. The second-order valence-corrected chi connectivity index (χ2v) is 8.21. The molecule has 6 heteroatoms. The van der Waals surface area contributed by atoms with E-state index in [-0.39, 0.29) is 30.3 Å². The highest BCUT2D eigenvalue weighted by Crippen LogP contribution is 2.29. The number of benzene rings is 1. The van der Waals surface area contributed by atoms with Crippen LogP contribution in [0.2, 0.25) is 0 Å². The van der Waals surface area contributed by atoms with E-state index >= 15 is 0 Å². The maximum absolute atomic E-state index is 12.4. The molecular formula is C20H32N4O2. The van der Waals surface area contributed by atoms with E-state index in [9.17, 15) is 9.90 Å². The van der Waals surface area contributed by atoms with E-state index in [1.165, 1.54) is 5.56 Å². The summed E-state index contributed by atoms with van der Waals surface area (Å²) in [5.41, 5.74) is 1.02. The van der Waals surface area contributed by atoms with Crippen LogP contribution in [0.3, 0.4) is 0 Å². The Kier molecular flexibility index (Phi) is 5.85. The lowest BCUT2D eigenvalue weighted by molar-refractivity contribution is -0.0878. The summed E-state index contributed by atoms with van der Waals surface area (Å²) in [5.74, 6) is 0. The molecule has 0 radical (unpaired) electrons. The number of aliphatic hydroxyl groups excluding tert-OH is 1. The van der Waals surface area contributed by atoms with E-state index in [2.05, 4.69) is 46.3 Å². The molecule has 0 bridgehead atoms. The average molecular weight is 361 g/mol. The maximum atomic E-state index is 12.4. The first-order valence-corrected chi connectivity index (χ1v) is 9.60. The monoisotopic (exact) mass is 360 g/mol. The first-order chi connectivity index (χ1) is 12.4. The molecule has 2 heterocycles. The Morgan fingerprint density at radius 3 is 2.65 bits per heavy atom. The van der Waals surface area contributed by atoms with Crippen molar-refractivity contribution in [3.63, 3.8) is 0 Å². The average Bonchev–Trinajstić information content (AvgIpc) is 2.61. The number of urea groups is 1. The van der Waals surface area contributed by atoms with Crippen LogP contribution in [0.25, 0.3) is 0 Å². The number of hydrogen-bond donors (Lipinski definition) is 2. The molecule has 1 aromatic rings. The molecular weight excluding hydrogens is 328 g/mol. The molecule has 0 unspecified atom stereocenters. The van der Waals surface area contributed by atoms with Crippen molar-refractivity contribution in [3.8, 4) is 0 Å². The van der Waals surface area contributed by atoms with E-state index in [0.29, 0.717) is 13.1 Å². The minimum absolute atomic E-state index is 0.0190. The third kappa shape index (κ3) is 4.19. The Morgan fingerprint density at radius 1 is 1.27 bits per heavy atom. The molecule has 2 atom stereocenters. The van der Waals surface area contributed by atoms with Gasteiger partial charge in [-0.05, 0) is 26.3 Å². The first-order valence-electron chi connectivity index (χ1n) is 9.60. The van der Waals surface area contributed by atoms with Crippen molar-refractivity contribution in [3.05, 3.63) is 35.9 Å². The van der Waals surface area contributed by atoms with Crippen LogP contribution in [-0.4, -0.2) is 82.8 Å². The van der Waals surface area contributed by atoms with Gasteiger partial charge in [0.05, 0.1) is 12.1 Å². The molecule has 2 amide bonds. The summed E-state index contributed by atoms with van der Waals surface area (Å²) in [6.45, 7) is 11.1. The summed E-state index contributed by atoms with van der Waals surface area (Å²) in [5, 5.41) is 13.1. The van der Waals surface area contributed by atoms with Crippen LogP contribution < -0.4 is 5.32 Å². The second kappa shape index (κ2) is 7.94. The van der Waals surface area contributed by atoms with E-state index in [0.717, 1.165) is 26.2 Å². The number of amides is 2. The van der Waals surface area contributed by atoms with Crippen molar-refractivity contribution in [2.24, 2.45) is 0 Å². The van der Waals surface area contributed by atoms with Gasteiger partial charge >= 0.3 is 6.03 Å². The predicted molar refractivity (Wildman–Crippen MR) is 103 cm³/mol. The molecule has 144 valence electrons. The molecule has 2 N–H and O–H groups in total. The normalized spacial score (nSPS) is 27.4. The van der Waals surface area contributed by atoms with Gasteiger partial charge in [0.2, 0.25) is 0 Å². The molecule has 0 spiro atoms. The molecule has 0 aliphatic carbocycles. The van der Waals surface area contributed by atoms with Gasteiger partial charge in [-0.2, -0.15) is 0 Å². The van der Waals surface area contributed by atoms with Crippen LogP contribution >= 0.6 is 0 Å². The molecule has 2 aliphatic heterocycles. The number of piperazine rings is 2. The fourth-order valence-electron chi connectivity index (χ4n) is 4.28. The first kappa shape index (κ1) is 19.1. The number of carbonyl (C=O) groups excluding carboxylic acids is 1. The Hall–Kier alpha value is -1.63. The summed E-state index contributed by atoms with van der Waals surface area (Å²) in [6.07, 6.45) is 0. The van der Waals surface area contributed by atoms with Crippen molar-refractivity contribution in [2.75, 3.05) is 39.3 Å². The molecule has 2 fully saturated rings. The van der Waals surface area contributed by atoms with Crippen molar-refractivity contribution in [2.45, 2.75) is 44.9 Å². The smallest absolute Gasteiger partial charge is 0.317 e. The number of nitrogens with one attached hydrogen (secondary N) is 1. The van der Waals surface area contributed by atoms with Crippen LogP contribution in [-0.2, 0) is 6.54 Å². The van der Waals surface area contributed by atoms with Crippen LogP contribution in [0.4, 0.5) is 4.79 Å². The SMILES string of the molecule is CC(C)NC(=O)N1CCN2[C@H](CN(Cc3ccccc3)C[C@@]2(C)CO)C1. The fraction of sp³-hybridized carbons (Fsp3) is 0.650. The van der Waals surface area contributed by atoms with Gasteiger partial charge < -0.3 is 15.3 Å². The van der Waals surface area contributed by atoms with Gasteiger partial charge in [0.15, 0.2) is 0 Å². The van der Waals surface area contributed by atoms with Crippen LogP contribution in [0.5, 0.6) is 0 Å². The zero-order chi connectivity index (χ0) is 18.7. The Bertz CT molecular complexity index is 609. The van der Waals surface area contributed by atoms with Crippen molar-refractivity contribution in [1.29, 1.82) is 0 Å². The lowest BCUT2D eigenvalue weighted by atomic mass is 9.91. The van der Waals surface area contributed by atoms with Gasteiger partial charge in [0, 0.05) is 51.4 Å². The second-order valence-electron chi connectivity index (χ2n) is 8.21. The summed E-state index contributed by atoms with van der Waals surface area (Å²) in [6, 6.07) is 10.9. The van der Waals surface area contributed by atoms with Gasteiger partial charge in [0.25, 0.3) is 0 Å². The topological polar surface area (TPSA) is 59.1 Å². The third-order valence-corrected chi connectivity index (χ3v) is 5.50. The van der Waals surface area contributed by atoms with Gasteiger partial charge in [-0.1, -0.05) is 30.3 Å². The maximum Gasteiger partial charge on any atom is 0.317 e. The molecule has 26 heavy (non-hydrogen) atoms. The quantitative estimate of drug-likeness (QED) is 0.851. The molecule has 1 aromatic carbocycles. The fourth-order valence-corrected chi connectivity index (χ4v) is 4.28. The molecule has 2 saturated heterocycles. The molecule has 6 nitrogen and oxygen atoms in total. The minimum atomic E-state index is -0.266. The standard InChI is InChI=1S/C20H32N4O2/c1-16(2)21-19(26)23-9-10-24-18(13-23)12-22(14-20(24,3)15-25)11-17-7-5-4-6-8-17/h4-8,16,18,25H,9-15H2,1-3H3,(H,21,26)/t18-,20+/m1/s1. The van der Waals surface area contributed by atoms with Crippen LogP contribution in [0.15, 0.2) is 30.3 Å². The lowest BCUT2D eigenvalue weighted by Crippen LogP contribution is -2.72. The van der Waals surface area contributed by atoms with Gasteiger partial charge in [-0.3, -0.25) is 9.80 Å². The van der Waals surface area contributed by atoms with Crippen molar-refractivity contribution in [1.82, 2.24) is 20.0 Å². The number of hydrogen-bond acceptors (Lipinski definition) is 4. The highest BCUT2D eigenvalue weighted by Gasteiger charge is 2.45. The lowest BCUT2D eigenvalue weighted by Gasteiger charge is -2.56. The van der Waals surface area contributed by atoms with E-state index in [4.69, 9.17) is 0 Å². The molecule has 0 aromatic heterocycles. The largest absolute Gasteiger partial charge is 0.394 e. The van der Waals surface area contributed by atoms with Gasteiger partial charge in [-0.25, -0.2) is 4.79 Å². The molecule has 0 saturated carbocycles. The number of rotatable bonds is 4. The van der Waals surface area contributed by atoms with Crippen LogP contribution in [0.1, 0.15) is 26.3 Å². The van der Waals surface area contributed by atoms with Crippen molar-refractivity contribution < 1.29 is 9.90 Å². The molecule has 2 aliphatic rings. The van der Waals surface area contributed by atoms with Gasteiger partial charge in [-0.15, -0.1) is 0 Å².